The lowest BCUT2D eigenvalue weighted by atomic mass is 9.81. The van der Waals surface area contributed by atoms with Crippen molar-refractivity contribution >= 4 is 23.4 Å². The van der Waals surface area contributed by atoms with Crippen LogP contribution in [0.3, 0.4) is 0 Å². The van der Waals surface area contributed by atoms with Crippen molar-refractivity contribution in [2.45, 2.75) is 37.8 Å². The van der Waals surface area contributed by atoms with Gasteiger partial charge in [-0.1, -0.05) is 24.4 Å². The highest BCUT2D eigenvalue weighted by molar-refractivity contribution is 6.30. The zero-order valence-electron chi connectivity index (χ0n) is 14.8. The minimum atomic E-state index is -0.126. The van der Waals surface area contributed by atoms with Crippen LogP contribution in [0.2, 0.25) is 5.02 Å². The maximum absolute atomic E-state index is 12.9. The van der Waals surface area contributed by atoms with E-state index in [2.05, 4.69) is 10.9 Å². The molecule has 2 N–H and O–H groups in total. The zero-order valence-corrected chi connectivity index (χ0v) is 15.5. The van der Waals surface area contributed by atoms with Gasteiger partial charge in [0.25, 0.3) is 5.91 Å². The molecule has 0 bridgehead atoms. The van der Waals surface area contributed by atoms with Crippen LogP contribution < -0.4 is 10.9 Å². The minimum Gasteiger partial charge on any atom is -0.338 e. The Kier molecular flexibility index (Phi) is 5.16. The summed E-state index contributed by atoms with van der Waals surface area (Å²) in [7, 11) is 0. The number of carbonyl (C=O) groups excluding carboxylic acids is 2. The molecule has 0 aromatic heterocycles. The third-order valence-corrected chi connectivity index (χ3v) is 6.16. The summed E-state index contributed by atoms with van der Waals surface area (Å²) >= 11 is 5.89. The molecule has 0 radical (unpaired) electrons. The number of hydrogen-bond donors (Lipinski definition) is 2. The van der Waals surface area contributed by atoms with Gasteiger partial charge < -0.3 is 9.80 Å². The van der Waals surface area contributed by atoms with Crippen molar-refractivity contribution in [1.29, 1.82) is 0 Å². The molecular weight excluding hydrogens is 352 g/mol. The third-order valence-electron chi connectivity index (χ3n) is 5.91. The highest BCUT2D eigenvalue weighted by Gasteiger charge is 2.43. The van der Waals surface area contributed by atoms with Gasteiger partial charge >= 0.3 is 0 Å². The number of benzene rings is 1. The first-order chi connectivity index (χ1) is 12.6. The molecule has 1 aliphatic carbocycles. The Bertz CT molecular complexity index is 673. The van der Waals surface area contributed by atoms with Gasteiger partial charge in [0.1, 0.15) is 6.04 Å². The van der Waals surface area contributed by atoms with Crippen LogP contribution >= 0.6 is 11.6 Å². The first-order valence-corrected chi connectivity index (χ1v) is 9.86. The predicted molar refractivity (Wildman–Crippen MR) is 99.7 cm³/mol. The molecular formula is C19H25ClN4O2. The van der Waals surface area contributed by atoms with Crippen LogP contribution in [0.4, 0.5) is 0 Å². The Balaban J connectivity index is 1.34. The van der Waals surface area contributed by atoms with Crippen molar-refractivity contribution in [1.82, 2.24) is 20.7 Å². The molecule has 7 heteroatoms. The number of fused-ring (bicyclic) bond motifs is 1. The summed E-state index contributed by atoms with van der Waals surface area (Å²) in [6, 6.07) is 7.25. The first kappa shape index (κ1) is 17.8. The molecule has 1 aromatic rings. The minimum absolute atomic E-state index is 0.00164. The molecule has 0 spiro atoms. The summed E-state index contributed by atoms with van der Waals surface area (Å²) in [6.07, 6.45) is 4.70. The lowest BCUT2D eigenvalue weighted by Gasteiger charge is -2.37. The number of carbonyl (C=O) groups is 2. The first-order valence-electron chi connectivity index (χ1n) is 9.48. The van der Waals surface area contributed by atoms with Crippen molar-refractivity contribution < 1.29 is 9.59 Å². The number of amides is 2. The summed E-state index contributed by atoms with van der Waals surface area (Å²) in [4.78, 5) is 29.3. The molecule has 1 aromatic carbocycles. The second kappa shape index (κ2) is 7.55. The molecule has 140 valence electrons. The van der Waals surface area contributed by atoms with Gasteiger partial charge in [0.05, 0.1) is 0 Å². The van der Waals surface area contributed by atoms with Crippen LogP contribution in [0.1, 0.15) is 36.0 Å². The fraction of sp³-hybridized carbons (Fsp3) is 0.579. The van der Waals surface area contributed by atoms with Gasteiger partial charge in [-0.3, -0.25) is 15.0 Å². The number of nitrogens with one attached hydrogen (secondary N) is 2. The maximum atomic E-state index is 12.9. The summed E-state index contributed by atoms with van der Waals surface area (Å²) < 4.78 is 0. The van der Waals surface area contributed by atoms with E-state index in [4.69, 9.17) is 11.6 Å². The largest absolute Gasteiger partial charge is 0.338 e. The van der Waals surface area contributed by atoms with Gasteiger partial charge in [-0.2, -0.15) is 0 Å². The topological polar surface area (TPSA) is 64.7 Å². The smallest absolute Gasteiger partial charge is 0.253 e. The molecule has 2 heterocycles. The number of hydrogen-bond acceptors (Lipinski definition) is 4. The molecule has 6 nitrogen and oxygen atoms in total. The molecule has 4 rings (SSSR count). The van der Waals surface area contributed by atoms with E-state index in [0.717, 1.165) is 12.8 Å². The van der Waals surface area contributed by atoms with Gasteiger partial charge in [0.2, 0.25) is 5.91 Å². The van der Waals surface area contributed by atoms with E-state index in [-0.39, 0.29) is 17.9 Å². The van der Waals surface area contributed by atoms with Crippen LogP contribution in [-0.2, 0) is 4.79 Å². The molecule has 3 atom stereocenters. The van der Waals surface area contributed by atoms with Crippen LogP contribution in [0.25, 0.3) is 0 Å². The monoisotopic (exact) mass is 376 g/mol. The lowest BCUT2D eigenvalue weighted by molar-refractivity contribution is -0.135. The van der Waals surface area contributed by atoms with Crippen molar-refractivity contribution in [3.63, 3.8) is 0 Å². The summed E-state index contributed by atoms with van der Waals surface area (Å²) in [6.45, 7) is 2.32. The highest BCUT2D eigenvalue weighted by Crippen LogP contribution is 2.31. The summed E-state index contributed by atoms with van der Waals surface area (Å²) in [5, 5.41) is 0.621. The molecule has 3 aliphatic rings. The van der Waals surface area contributed by atoms with Crippen LogP contribution in [0, 0.1) is 5.92 Å². The molecule has 26 heavy (non-hydrogen) atoms. The third kappa shape index (κ3) is 3.46. The van der Waals surface area contributed by atoms with Crippen LogP contribution in [0.15, 0.2) is 24.3 Å². The van der Waals surface area contributed by atoms with E-state index < -0.39 is 0 Å². The predicted octanol–water partition coefficient (Wildman–Crippen LogP) is 1.66. The number of hydrazine groups is 1. The second-order valence-corrected chi connectivity index (χ2v) is 7.88. The van der Waals surface area contributed by atoms with Gasteiger partial charge in [-0.05, 0) is 37.1 Å². The fourth-order valence-corrected chi connectivity index (χ4v) is 4.51. The quantitative estimate of drug-likeness (QED) is 0.824. The Morgan fingerprint density at radius 1 is 0.923 bits per heavy atom. The summed E-state index contributed by atoms with van der Waals surface area (Å²) in [5.74, 6) is 0.567. The average Bonchev–Trinajstić information content (AvgIpc) is 3.12. The van der Waals surface area contributed by atoms with E-state index in [1.54, 1.807) is 24.3 Å². The van der Waals surface area contributed by atoms with Crippen LogP contribution in [0.5, 0.6) is 0 Å². The fourth-order valence-electron chi connectivity index (χ4n) is 4.39. The SMILES string of the molecule is O=C(c1ccc(Cl)cc1)N1CCN(C(=O)C2NNC3CCCCC32)CC1. The van der Waals surface area contributed by atoms with Crippen molar-refractivity contribution in [3.05, 3.63) is 34.9 Å². The Labute approximate surface area is 158 Å². The maximum Gasteiger partial charge on any atom is 0.253 e. The lowest BCUT2D eigenvalue weighted by Crippen LogP contribution is -2.55. The average molecular weight is 377 g/mol. The number of rotatable bonds is 2. The standard InChI is InChI=1S/C19H25ClN4O2/c20-14-7-5-13(6-8-14)18(25)23-9-11-24(12-10-23)19(26)17-15-3-1-2-4-16(15)21-22-17/h5-8,15-17,21-22H,1-4,9-12H2. The van der Waals surface area contributed by atoms with Gasteiger partial charge in [-0.15, -0.1) is 0 Å². The Morgan fingerprint density at radius 2 is 1.58 bits per heavy atom. The number of piperazine rings is 1. The van der Waals surface area contributed by atoms with Crippen LogP contribution in [-0.4, -0.2) is 59.9 Å². The highest BCUT2D eigenvalue weighted by atomic mass is 35.5. The molecule has 2 saturated heterocycles. The molecule has 1 saturated carbocycles. The molecule has 3 fully saturated rings. The van der Waals surface area contributed by atoms with E-state index in [0.29, 0.717) is 48.7 Å². The number of nitrogens with zero attached hydrogens (tertiary/aromatic N) is 2. The van der Waals surface area contributed by atoms with Crippen molar-refractivity contribution in [2.24, 2.45) is 5.92 Å². The molecule has 2 amide bonds. The van der Waals surface area contributed by atoms with Crippen molar-refractivity contribution in [3.8, 4) is 0 Å². The van der Waals surface area contributed by atoms with Gasteiger partial charge in [0, 0.05) is 48.7 Å². The Hall–Kier alpha value is -1.63. The normalized spacial score (nSPS) is 28.7. The second-order valence-electron chi connectivity index (χ2n) is 7.45. The van der Waals surface area contributed by atoms with Crippen molar-refractivity contribution in [2.75, 3.05) is 26.2 Å². The van der Waals surface area contributed by atoms with E-state index in [1.807, 2.05) is 9.80 Å². The summed E-state index contributed by atoms with van der Waals surface area (Å²) in [5.41, 5.74) is 7.18. The Morgan fingerprint density at radius 3 is 2.31 bits per heavy atom. The molecule has 3 unspecified atom stereocenters. The van der Waals surface area contributed by atoms with Gasteiger partial charge in [-0.25, -0.2) is 5.43 Å². The zero-order chi connectivity index (χ0) is 18.1. The molecule has 2 aliphatic heterocycles. The van der Waals surface area contributed by atoms with E-state index in [1.165, 1.54) is 12.8 Å². The van der Waals surface area contributed by atoms with E-state index >= 15 is 0 Å². The number of halogens is 1. The van der Waals surface area contributed by atoms with E-state index in [9.17, 15) is 9.59 Å². The van der Waals surface area contributed by atoms with Gasteiger partial charge in [0.15, 0.2) is 0 Å².